The molecule has 1 amide bonds. The van der Waals surface area contributed by atoms with E-state index in [9.17, 15) is 9.59 Å². The van der Waals surface area contributed by atoms with Crippen molar-refractivity contribution in [2.45, 2.75) is 25.9 Å². The van der Waals surface area contributed by atoms with Crippen LogP contribution in [-0.2, 0) is 20.7 Å². The molecule has 7 heteroatoms. The Kier molecular flexibility index (Phi) is 7.32. The number of methoxy groups -OCH3 is 2. The quantitative estimate of drug-likeness (QED) is 0.511. The molecule has 0 bridgehead atoms. The molecule has 0 saturated carbocycles. The molecule has 0 aliphatic heterocycles. The van der Waals surface area contributed by atoms with E-state index >= 15 is 0 Å². The van der Waals surface area contributed by atoms with Gasteiger partial charge in [0.25, 0.3) is 5.91 Å². The number of rotatable bonds is 9. The molecular formula is C24H25NO6. The summed E-state index contributed by atoms with van der Waals surface area (Å²) in [5.41, 5.74) is 1.48. The van der Waals surface area contributed by atoms with E-state index in [4.69, 9.17) is 18.6 Å². The number of furan rings is 1. The van der Waals surface area contributed by atoms with Crippen molar-refractivity contribution in [1.29, 1.82) is 0 Å². The number of hydrogen-bond donors (Lipinski definition) is 1. The Balaban J connectivity index is 1.49. The van der Waals surface area contributed by atoms with Crippen molar-refractivity contribution in [2.75, 3.05) is 19.5 Å². The molecule has 1 atom stereocenters. The van der Waals surface area contributed by atoms with Gasteiger partial charge in [-0.15, -0.1) is 0 Å². The Hall–Kier alpha value is -3.74. The fourth-order valence-electron chi connectivity index (χ4n) is 2.96. The molecule has 0 fully saturated rings. The van der Waals surface area contributed by atoms with Crippen LogP contribution in [0.2, 0.25) is 0 Å². The maximum absolute atomic E-state index is 12.4. The number of carbonyl (C=O) groups is 2. The van der Waals surface area contributed by atoms with Crippen LogP contribution in [0.1, 0.15) is 19.1 Å². The van der Waals surface area contributed by atoms with Gasteiger partial charge in [-0.05, 0) is 31.2 Å². The van der Waals surface area contributed by atoms with Gasteiger partial charge < -0.3 is 23.9 Å². The van der Waals surface area contributed by atoms with Gasteiger partial charge in [-0.25, -0.2) is 0 Å². The smallest absolute Gasteiger partial charge is 0.307 e. The lowest BCUT2D eigenvalue weighted by Crippen LogP contribution is -2.30. The van der Waals surface area contributed by atoms with Gasteiger partial charge in [-0.1, -0.05) is 30.3 Å². The number of hydrogen-bond acceptors (Lipinski definition) is 6. The summed E-state index contributed by atoms with van der Waals surface area (Å²) < 4.78 is 21.4. The number of carbonyl (C=O) groups excluding carboxylic acids is 2. The summed E-state index contributed by atoms with van der Waals surface area (Å²) in [4.78, 5) is 24.5. The highest BCUT2D eigenvalue weighted by molar-refractivity contribution is 5.95. The van der Waals surface area contributed by atoms with Crippen LogP contribution in [0.4, 0.5) is 5.69 Å². The highest BCUT2D eigenvalue weighted by Gasteiger charge is 2.19. The van der Waals surface area contributed by atoms with Crippen LogP contribution in [0.15, 0.2) is 65.1 Å². The number of esters is 1. The predicted molar refractivity (Wildman–Crippen MR) is 116 cm³/mol. The van der Waals surface area contributed by atoms with Crippen LogP contribution in [0, 0.1) is 0 Å². The first-order valence-electron chi connectivity index (χ1n) is 9.86. The second kappa shape index (κ2) is 10.3. The monoisotopic (exact) mass is 423 g/mol. The molecule has 3 aromatic rings. The molecule has 0 saturated heterocycles. The zero-order valence-electron chi connectivity index (χ0n) is 17.7. The highest BCUT2D eigenvalue weighted by Crippen LogP contribution is 2.29. The molecule has 0 unspecified atom stereocenters. The first-order chi connectivity index (χ1) is 15.0. The van der Waals surface area contributed by atoms with Gasteiger partial charge in [-0.2, -0.15) is 0 Å². The summed E-state index contributed by atoms with van der Waals surface area (Å²) in [6.45, 7) is 1.52. The van der Waals surface area contributed by atoms with Gasteiger partial charge >= 0.3 is 5.97 Å². The topological polar surface area (TPSA) is 87.0 Å². The Morgan fingerprint density at radius 3 is 2.42 bits per heavy atom. The van der Waals surface area contributed by atoms with Crippen LogP contribution in [0.25, 0.3) is 11.3 Å². The van der Waals surface area contributed by atoms with E-state index in [0.29, 0.717) is 29.4 Å². The van der Waals surface area contributed by atoms with Crippen molar-refractivity contribution in [3.05, 3.63) is 66.4 Å². The van der Waals surface area contributed by atoms with Gasteiger partial charge in [0.05, 0.1) is 20.6 Å². The Morgan fingerprint density at radius 2 is 1.71 bits per heavy atom. The van der Waals surface area contributed by atoms with Crippen molar-refractivity contribution >= 4 is 17.6 Å². The van der Waals surface area contributed by atoms with E-state index < -0.39 is 18.0 Å². The lowest BCUT2D eigenvalue weighted by atomic mass is 10.2. The normalized spacial score (nSPS) is 11.5. The molecule has 0 aliphatic rings. The van der Waals surface area contributed by atoms with Crippen LogP contribution in [0.3, 0.4) is 0 Å². The van der Waals surface area contributed by atoms with Crippen LogP contribution in [0.5, 0.6) is 11.5 Å². The summed E-state index contributed by atoms with van der Waals surface area (Å²) in [7, 11) is 3.04. The molecule has 7 nitrogen and oxygen atoms in total. The van der Waals surface area contributed by atoms with E-state index in [1.807, 2.05) is 42.5 Å². The molecule has 0 aliphatic carbocycles. The average Bonchev–Trinajstić information content (AvgIpc) is 3.27. The number of anilines is 1. The minimum Gasteiger partial charge on any atom is -0.493 e. The molecule has 2 aromatic carbocycles. The molecule has 0 radical (unpaired) electrons. The molecule has 1 aromatic heterocycles. The number of amides is 1. The molecule has 0 spiro atoms. The third kappa shape index (κ3) is 5.88. The molecule has 1 heterocycles. The summed E-state index contributed by atoms with van der Waals surface area (Å²) in [5.74, 6) is 1.54. The maximum atomic E-state index is 12.4. The third-order valence-electron chi connectivity index (χ3n) is 4.62. The molecule has 3 rings (SSSR count). The fraction of sp³-hybridized carbons (Fsp3) is 0.250. The summed E-state index contributed by atoms with van der Waals surface area (Å²) in [6, 6.07) is 18.4. The largest absolute Gasteiger partial charge is 0.493 e. The lowest BCUT2D eigenvalue weighted by Gasteiger charge is -2.14. The number of aryl methyl sites for hydroxylation is 1. The first kappa shape index (κ1) is 22.0. The Labute approximate surface area is 180 Å². The second-order valence-electron chi connectivity index (χ2n) is 6.82. The van der Waals surface area contributed by atoms with Gasteiger partial charge in [0, 0.05) is 23.7 Å². The summed E-state index contributed by atoms with van der Waals surface area (Å²) in [6.07, 6.45) is -0.456. The van der Waals surface area contributed by atoms with E-state index in [1.54, 1.807) is 18.2 Å². The van der Waals surface area contributed by atoms with Crippen molar-refractivity contribution in [3.8, 4) is 22.8 Å². The van der Waals surface area contributed by atoms with Crippen LogP contribution in [-0.4, -0.2) is 32.2 Å². The van der Waals surface area contributed by atoms with E-state index in [2.05, 4.69) is 5.32 Å². The molecule has 162 valence electrons. The van der Waals surface area contributed by atoms with E-state index in [0.717, 1.165) is 11.3 Å². The van der Waals surface area contributed by atoms with Gasteiger partial charge in [0.2, 0.25) is 0 Å². The van der Waals surface area contributed by atoms with Gasteiger partial charge in [0.15, 0.2) is 17.6 Å². The molecule has 31 heavy (non-hydrogen) atoms. The number of nitrogens with one attached hydrogen (secondary N) is 1. The SMILES string of the molecule is COc1ccc(NC(=O)[C@H](C)OC(=O)CCc2ccc(-c3ccccc3)o2)cc1OC. The van der Waals surface area contributed by atoms with E-state index in [-0.39, 0.29) is 6.42 Å². The number of ether oxygens (including phenoxy) is 3. The maximum Gasteiger partial charge on any atom is 0.307 e. The van der Waals surface area contributed by atoms with E-state index in [1.165, 1.54) is 21.1 Å². The highest BCUT2D eigenvalue weighted by atomic mass is 16.5. The Bertz CT molecular complexity index is 1030. The van der Waals surface area contributed by atoms with Crippen LogP contribution >= 0.6 is 0 Å². The Morgan fingerprint density at radius 1 is 0.968 bits per heavy atom. The third-order valence-corrected chi connectivity index (χ3v) is 4.62. The van der Waals surface area contributed by atoms with Crippen molar-refractivity contribution in [2.24, 2.45) is 0 Å². The number of benzene rings is 2. The lowest BCUT2D eigenvalue weighted by molar-refractivity contribution is -0.153. The summed E-state index contributed by atoms with van der Waals surface area (Å²) in [5, 5.41) is 2.70. The molecule has 1 N–H and O–H groups in total. The minimum atomic E-state index is -0.947. The zero-order chi connectivity index (χ0) is 22.2. The average molecular weight is 423 g/mol. The van der Waals surface area contributed by atoms with Gasteiger partial charge in [0.1, 0.15) is 11.5 Å². The first-order valence-corrected chi connectivity index (χ1v) is 9.86. The minimum absolute atomic E-state index is 0.107. The molecular weight excluding hydrogens is 398 g/mol. The van der Waals surface area contributed by atoms with Gasteiger partial charge in [-0.3, -0.25) is 9.59 Å². The second-order valence-corrected chi connectivity index (χ2v) is 6.82. The standard InChI is InChI=1S/C24H25NO6/c1-16(24(27)25-18-9-12-21(28-2)22(15-18)29-3)30-23(26)14-11-19-10-13-20(31-19)17-7-5-4-6-8-17/h4-10,12-13,15-16H,11,14H2,1-3H3,(H,25,27)/t16-/m0/s1. The van der Waals surface area contributed by atoms with Crippen molar-refractivity contribution < 1.29 is 28.2 Å². The van der Waals surface area contributed by atoms with Crippen LogP contribution < -0.4 is 14.8 Å². The van der Waals surface area contributed by atoms with Crippen molar-refractivity contribution in [3.63, 3.8) is 0 Å². The summed E-state index contributed by atoms with van der Waals surface area (Å²) >= 11 is 0. The predicted octanol–water partition coefficient (Wildman–Crippen LogP) is 4.47. The zero-order valence-corrected chi connectivity index (χ0v) is 17.7. The fourth-order valence-corrected chi connectivity index (χ4v) is 2.96. The van der Waals surface area contributed by atoms with Crippen molar-refractivity contribution in [1.82, 2.24) is 0 Å².